The normalized spacial score (nSPS) is 14.2. The molecule has 169 valence electrons. The summed E-state index contributed by atoms with van der Waals surface area (Å²) < 4.78 is 17.3. The molecule has 1 N–H and O–H groups in total. The zero-order chi connectivity index (χ0) is 21.8. The standard InChI is InChI=1S/C22H42NO5.Y/c1-17(2)28-22(7,8)10-12-27-19(4)13-20(25)23-15-21(5,6)16-26-14-18(3)9-11-24;/h17-19H,9-10,12-16H2,1-8H3,(H,23,25);/q-1;. The molecule has 1 amide bonds. The summed E-state index contributed by atoms with van der Waals surface area (Å²) in [5.74, 6) is 0.138. The Balaban J connectivity index is 0. The van der Waals surface area contributed by atoms with Crippen molar-refractivity contribution in [3.05, 3.63) is 0 Å². The molecule has 0 aliphatic carbocycles. The molecule has 0 bridgehead atoms. The van der Waals surface area contributed by atoms with Crippen LogP contribution in [0.3, 0.4) is 0 Å². The number of nitrogens with one attached hydrogen (secondary N) is 1. The molecule has 7 heteroatoms. The Kier molecular flexibility index (Phi) is 17.1. The molecule has 0 aromatic heterocycles. The molecule has 0 aliphatic heterocycles. The Morgan fingerprint density at radius 2 is 1.72 bits per heavy atom. The van der Waals surface area contributed by atoms with Crippen LogP contribution >= 0.6 is 0 Å². The molecule has 0 aliphatic rings. The van der Waals surface area contributed by atoms with Crippen molar-refractivity contribution >= 4 is 12.2 Å². The van der Waals surface area contributed by atoms with Gasteiger partial charge in [0.15, 0.2) is 0 Å². The van der Waals surface area contributed by atoms with Crippen molar-refractivity contribution in [2.45, 2.75) is 92.5 Å². The summed E-state index contributed by atoms with van der Waals surface area (Å²) in [6, 6.07) is 0. The fourth-order valence-corrected chi connectivity index (χ4v) is 2.72. The minimum atomic E-state index is -0.235. The third-order valence-corrected chi connectivity index (χ3v) is 4.23. The summed E-state index contributed by atoms with van der Waals surface area (Å²) in [5.41, 5.74) is -0.413. The first-order valence-electron chi connectivity index (χ1n) is 10.4. The fourth-order valence-electron chi connectivity index (χ4n) is 2.72. The van der Waals surface area contributed by atoms with E-state index in [0.29, 0.717) is 39.2 Å². The predicted octanol–water partition coefficient (Wildman–Crippen LogP) is 3.67. The summed E-state index contributed by atoms with van der Waals surface area (Å²) >= 11 is 0. The van der Waals surface area contributed by atoms with Gasteiger partial charge in [-0.05, 0) is 47.0 Å². The van der Waals surface area contributed by atoms with Gasteiger partial charge in [-0.1, -0.05) is 20.8 Å². The van der Waals surface area contributed by atoms with Gasteiger partial charge in [-0.3, -0.25) is 11.1 Å². The first-order valence-corrected chi connectivity index (χ1v) is 10.4. The minimum Gasteiger partial charge on any atom is -0.542 e. The first kappa shape index (κ1) is 31.3. The largest absolute Gasteiger partial charge is 0.542 e. The first-order chi connectivity index (χ1) is 12.9. The summed E-state index contributed by atoms with van der Waals surface area (Å²) in [5, 5.41) is 2.96. The van der Waals surface area contributed by atoms with Crippen LogP contribution in [0.25, 0.3) is 0 Å². The van der Waals surface area contributed by atoms with Crippen molar-refractivity contribution in [3.63, 3.8) is 0 Å². The van der Waals surface area contributed by atoms with E-state index in [0.717, 1.165) is 6.42 Å². The molecule has 2 atom stereocenters. The van der Waals surface area contributed by atoms with Crippen LogP contribution in [0.2, 0.25) is 0 Å². The molecule has 0 saturated carbocycles. The zero-order valence-electron chi connectivity index (χ0n) is 19.8. The van der Waals surface area contributed by atoms with Crippen molar-refractivity contribution in [1.82, 2.24) is 5.32 Å². The van der Waals surface area contributed by atoms with E-state index >= 15 is 0 Å². The summed E-state index contributed by atoms with van der Waals surface area (Å²) in [6.45, 7) is 18.2. The van der Waals surface area contributed by atoms with Crippen molar-refractivity contribution in [2.24, 2.45) is 11.3 Å². The number of hydrogen-bond donors (Lipinski definition) is 1. The molecule has 0 rings (SSSR count). The zero-order valence-corrected chi connectivity index (χ0v) is 22.6. The number of amides is 1. The summed E-state index contributed by atoms with van der Waals surface area (Å²) in [4.78, 5) is 22.5. The maximum atomic E-state index is 12.2. The average molecular weight is 489 g/mol. The van der Waals surface area contributed by atoms with E-state index in [1.54, 1.807) is 0 Å². The Labute approximate surface area is 203 Å². The van der Waals surface area contributed by atoms with Crippen molar-refractivity contribution in [3.8, 4) is 0 Å². The van der Waals surface area contributed by atoms with Gasteiger partial charge in [0.25, 0.3) is 0 Å². The number of carbonyl (C=O) groups is 1. The number of hydrogen-bond acceptors (Lipinski definition) is 5. The maximum Gasteiger partial charge on any atom is 0.222 e. The Hall–Kier alpha value is 0.124. The van der Waals surface area contributed by atoms with Crippen molar-refractivity contribution in [2.75, 3.05) is 26.4 Å². The molecular formula is C22H42NO5Y-. The second-order valence-corrected chi connectivity index (χ2v) is 9.47. The smallest absolute Gasteiger partial charge is 0.222 e. The van der Waals surface area contributed by atoms with Crippen LogP contribution in [0, 0.1) is 11.3 Å². The molecule has 0 heterocycles. The van der Waals surface area contributed by atoms with Crippen LogP contribution in [-0.2, 0) is 56.5 Å². The van der Waals surface area contributed by atoms with Crippen molar-refractivity contribution in [1.29, 1.82) is 0 Å². The second-order valence-electron chi connectivity index (χ2n) is 9.47. The van der Waals surface area contributed by atoms with E-state index in [9.17, 15) is 9.59 Å². The molecule has 6 nitrogen and oxygen atoms in total. The van der Waals surface area contributed by atoms with Gasteiger partial charge < -0.3 is 24.3 Å². The second kappa shape index (κ2) is 15.9. The number of rotatable bonds is 16. The Morgan fingerprint density at radius 1 is 1.10 bits per heavy atom. The van der Waals surface area contributed by atoms with Crippen LogP contribution in [0.4, 0.5) is 0 Å². The van der Waals surface area contributed by atoms with Gasteiger partial charge in [0.2, 0.25) is 5.91 Å². The van der Waals surface area contributed by atoms with E-state index < -0.39 is 0 Å². The molecule has 0 fully saturated rings. The van der Waals surface area contributed by atoms with Crippen LogP contribution in [0.15, 0.2) is 0 Å². The molecular weight excluding hydrogens is 447 g/mol. The molecule has 0 saturated heterocycles. The number of carbonyl (C=O) groups excluding carboxylic acids is 2. The maximum absolute atomic E-state index is 12.2. The quantitative estimate of drug-likeness (QED) is 0.335. The van der Waals surface area contributed by atoms with E-state index in [1.807, 2.05) is 47.8 Å². The van der Waals surface area contributed by atoms with Crippen LogP contribution in [0.1, 0.15) is 74.7 Å². The Morgan fingerprint density at radius 3 is 2.28 bits per heavy atom. The number of ether oxygens (including phenoxy) is 3. The minimum absolute atomic E-state index is 0. The summed E-state index contributed by atoms with van der Waals surface area (Å²) in [6.07, 6.45) is 3.42. The summed E-state index contributed by atoms with van der Waals surface area (Å²) in [7, 11) is 0. The molecule has 0 aromatic rings. The van der Waals surface area contributed by atoms with Gasteiger partial charge in [-0.15, -0.1) is 6.42 Å². The van der Waals surface area contributed by atoms with E-state index in [4.69, 9.17) is 14.2 Å². The third kappa shape index (κ3) is 18.6. The average Bonchev–Trinajstić information content (AvgIpc) is 2.51. The van der Waals surface area contributed by atoms with Crippen LogP contribution in [-0.4, -0.2) is 56.4 Å². The van der Waals surface area contributed by atoms with Gasteiger partial charge >= 0.3 is 0 Å². The molecule has 1 radical (unpaired) electrons. The fraction of sp³-hybridized carbons (Fsp3) is 0.909. The molecule has 29 heavy (non-hydrogen) atoms. The van der Waals surface area contributed by atoms with Crippen LogP contribution < -0.4 is 5.32 Å². The van der Waals surface area contributed by atoms with E-state index in [1.165, 1.54) is 0 Å². The van der Waals surface area contributed by atoms with Gasteiger partial charge in [0.05, 0.1) is 30.8 Å². The monoisotopic (exact) mass is 489 g/mol. The predicted molar refractivity (Wildman–Crippen MR) is 112 cm³/mol. The van der Waals surface area contributed by atoms with Gasteiger partial charge in [-0.25, -0.2) is 0 Å². The van der Waals surface area contributed by atoms with Crippen LogP contribution in [0.5, 0.6) is 0 Å². The third-order valence-electron chi connectivity index (χ3n) is 4.23. The topological polar surface area (TPSA) is 73.9 Å². The van der Waals surface area contributed by atoms with Gasteiger partial charge in [0.1, 0.15) is 0 Å². The van der Waals surface area contributed by atoms with E-state index in [-0.39, 0.29) is 67.8 Å². The van der Waals surface area contributed by atoms with E-state index in [2.05, 4.69) is 19.2 Å². The molecule has 2 unspecified atom stereocenters. The van der Waals surface area contributed by atoms with Gasteiger partial charge in [0, 0.05) is 57.9 Å². The SMILES string of the molecule is CC(C[C-]=O)COCC(C)(C)CNC(=O)CC(C)OCCC(C)(C)OC(C)C.[Y]. The van der Waals surface area contributed by atoms with Gasteiger partial charge in [-0.2, -0.15) is 0 Å². The van der Waals surface area contributed by atoms with Crippen molar-refractivity contribution < 1.29 is 56.5 Å². The molecule has 0 aromatic carbocycles. The molecule has 0 spiro atoms. The Bertz CT molecular complexity index is 454.